The maximum absolute atomic E-state index is 13.1. The van der Waals surface area contributed by atoms with E-state index < -0.39 is 0 Å². The van der Waals surface area contributed by atoms with Gasteiger partial charge >= 0.3 is 0 Å². The van der Waals surface area contributed by atoms with Gasteiger partial charge in [0.2, 0.25) is 0 Å². The predicted octanol–water partition coefficient (Wildman–Crippen LogP) is 4.18. The van der Waals surface area contributed by atoms with Crippen LogP contribution in [0.4, 0.5) is 0 Å². The molecule has 2 aromatic carbocycles. The lowest BCUT2D eigenvalue weighted by molar-refractivity contribution is 0.0616. The van der Waals surface area contributed by atoms with E-state index in [-0.39, 0.29) is 12.5 Å². The highest BCUT2D eigenvalue weighted by molar-refractivity contribution is 6.30. The summed E-state index contributed by atoms with van der Waals surface area (Å²) in [5.74, 6) is 1.98. The molecular weight excluding hydrogens is 430 g/mol. The average Bonchev–Trinajstić information content (AvgIpc) is 3.19. The van der Waals surface area contributed by atoms with E-state index in [1.807, 2.05) is 17.0 Å². The predicted molar refractivity (Wildman–Crippen MR) is 121 cm³/mol. The molecule has 1 aliphatic rings. The number of nitrogens with zero attached hydrogens (tertiary/aromatic N) is 3. The summed E-state index contributed by atoms with van der Waals surface area (Å²) in [6.07, 6.45) is 0. The Kier molecular flexibility index (Phi) is 6.97. The van der Waals surface area contributed by atoms with Gasteiger partial charge in [0.05, 0.1) is 12.7 Å². The first-order chi connectivity index (χ1) is 15.5. The zero-order valence-electron chi connectivity index (χ0n) is 18.2. The van der Waals surface area contributed by atoms with Crippen LogP contribution in [0.15, 0.2) is 53.1 Å². The molecule has 2 heterocycles. The topological polar surface area (TPSA) is 68.0 Å². The lowest BCUT2D eigenvalue weighted by Crippen LogP contribution is -2.48. The van der Waals surface area contributed by atoms with Crippen LogP contribution in [0.3, 0.4) is 0 Å². The van der Waals surface area contributed by atoms with Gasteiger partial charge in [0.25, 0.3) is 5.91 Å². The Morgan fingerprint density at radius 2 is 1.69 bits per heavy atom. The molecular formula is C24H26ClN3O4. The Labute approximate surface area is 192 Å². The molecule has 0 spiro atoms. The van der Waals surface area contributed by atoms with Crippen LogP contribution in [0.5, 0.6) is 11.5 Å². The zero-order valence-corrected chi connectivity index (χ0v) is 19.0. The molecule has 1 aliphatic heterocycles. The molecule has 0 N–H and O–H groups in total. The van der Waals surface area contributed by atoms with Crippen molar-refractivity contribution in [2.24, 2.45) is 0 Å². The molecule has 0 unspecified atom stereocenters. The monoisotopic (exact) mass is 455 g/mol. The van der Waals surface area contributed by atoms with Crippen molar-refractivity contribution in [2.45, 2.75) is 20.1 Å². The van der Waals surface area contributed by atoms with Crippen molar-refractivity contribution in [2.75, 3.05) is 33.3 Å². The largest absolute Gasteiger partial charge is 0.497 e. The Hall–Kier alpha value is -3.03. The molecule has 168 valence electrons. The summed E-state index contributed by atoms with van der Waals surface area (Å²) in [4.78, 5) is 17.3. The standard InChI is InChI=1S/C24H26ClN3O4/c1-17-22(16-31-21-9-5-19(25)6-10-21)23(26-32-17)24(29)28-13-11-27(12-14-28)15-18-3-7-20(30-2)8-4-18/h3-10H,11-16H2,1-2H3. The van der Waals surface area contributed by atoms with E-state index >= 15 is 0 Å². The van der Waals surface area contributed by atoms with E-state index in [2.05, 4.69) is 22.2 Å². The first-order valence-electron chi connectivity index (χ1n) is 10.5. The van der Waals surface area contributed by atoms with Gasteiger partial charge in [-0.05, 0) is 48.9 Å². The quantitative estimate of drug-likeness (QED) is 0.532. The van der Waals surface area contributed by atoms with Crippen LogP contribution in [0.2, 0.25) is 5.02 Å². The Bertz CT molecular complexity index is 1040. The lowest BCUT2D eigenvalue weighted by atomic mass is 10.1. The van der Waals surface area contributed by atoms with E-state index in [0.29, 0.717) is 40.9 Å². The molecule has 0 atom stereocenters. The normalized spacial score (nSPS) is 14.4. The van der Waals surface area contributed by atoms with Crippen LogP contribution in [0, 0.1) is 6.92 Å². The summed E-state index contributed by atoms with van der Waals surface area (Å²) >= 11 is 5.92. The Balaban J connectivity index is 1.34. The second kappa shape index (κ2) is 10.1. The summed E-state index contributed by atoms with van der Waals surface area (Å²) in [5, 5.41) is 4.67. The fourth-order valence-electron chi connectivity index (χ4n) is 3.66. The maximum atomic E-state index is 13.1. The van der Waals surface area contributed by atoms with Crippen molar-refractivity contribution in [3.05, 3.63) is 76.1 Å². The van der Waals surface area contributed by atoms with Crippen LogP contribution in [0.25, 0.3) is 0 Å². The highest BCUT2D eigenvalue weighted by atomic mass is 35.5. The van der Waals surface area contributed by atoms with Gasteiger partial charge in [-0.25, -0.2) is 0 Å². The summed E-state index contributed by atoms with van der Waals surface area (Å²) in [7, 11) is 1.66. The zero-order chi connectivity index (χ0) is 22.5. The molecule has 7 nitrogen and oxygen atoms in total. The minimum atomic E-state index is -0.124. The number of carbonyl (C=O) groups is 1. The van der Waals surface area contributed by atoms with E-state index in [1.54, 1.807) is 38.3 Å². The molecule has 1 aromatic heterocycles. The first kappa shape index (κ1) is 22.2. The van der Waals surface area contributed by atoms with Crippen LogP contribution in [-0.2, 0) is 13.2 Å². The van der Waals surface area contributed by atoms with Crippen molar-refractivity contribution >= 4 is 17.5 Å². The fourth-order valence-corrected chi connectivity index (χ4v) is 3.79. The number of aromatic nitrogens is 1. The van der Waals surface area contributed by atoms with Crippen molar-refractivity contribution < 1.29 is 18.8 Å². The molecule has 1 fully saturated rings. The molecule has 0 aliphatic carbocycles. The average molecular weight is 456 g/mol. The smallest absolute Gasteiger partial charge is 0.276 e. The number of aryl methyl sites for hydroxylation is 1. The van der Waals surface area contributed by atoms with Gasteiger partial charge in [0, 0.05) is 37.7 Å². The molecule has 4 rings (SSSR count). The summed E-state index contributed by atoms with van der Waals surface area (Å²) in [6, 6.07) is 15.2. The number of halogens is 1. The van der Waals surface area contributed by atoms with Crippen LogP contribution >= 0.6 is 11.6 Å². The number of hydrogen-bond donors (Lipinski definition) is 0. The SMILES string of the molecule is COc1ccc(CN2CCN(C(=O)c3noc(C)c3COc3ccc(Cl)cc3)CC2)cc1. The van der Waals surface area contributed by atoms with Crippen LogP contribution in [0.1, 0.15) is 27.4 Å². The number of amides is 1. The van der Waals surface area contributed by atoms with E-state index in [1.165, 1.54) is 5.56 Å². The van der Waals surface area contributed by atoms with E-state index in [9.17, 15) is 4.79 Å². The molecule has 0 saturated carbocycles. The molecule has 0 radical (unpaired) electrons. The Morgan fingerprint density at radius 3 is 2.34 bits per heavy atom. The van der Waals surface area contributed by atoms with Gasteiger partial charge < -0.3 is 18.9 Å². The van der Waals surface area contributed by atoms with E-state index in [4.69, 9.17) is 25.6 Å². The summed E-state index contributed by atoms with van der Waals surface area (Å²) in [5.41, 5.74) is 2.21. The van der Waals surface area contributed by atoms with E-state index in [0.717, 1.165) is 25.4 Å². The second-order valence-electron chi connectivity index (χ2n) is 7.72. The van der Waals surface area contributed by atoms with Gasteiger partial charge in [0.1, 0.15) is 23.9 Å². The number of benzene rings is 2. The molecule has 1 amide bonds. The van der Waals surface area contributed by atoms with Gasteiger partial charge in [0.15, 0.2) is 5.69 Å². The molecule has 8 heteroatoms. The molecule has 0 bridgehead atoms. The summed E-state index contributed by atoms with van der Waals surface area (Å²) in [6.45, 7) is 5.70. The van der Waals surface area contributed by atoms with Gasteiger partial charge in [-0.3, -0.25) is 9.69 Å². The first-order valence-corrected chi connectivity index (χ1v) is 10.9. The van der Waals surface area contributed by atoms with Crippen LogP contribution in [-0.4, -0.2) is 54.2 Å². The second-order valence-corrected chi connectivity index (χ2v) is 8.16. The van der Waals surface area contributed by atoms with Crippen molar-refractivity contribution in [1.82, 2.24) is 15.0 Å². The molecule has 32 heavy (non-hydrogen) atoms. The number of rotatable bonds is 7. The number of carbonyl (C=O) groups excluding carboxylic acids is 1. The van der Waals surface area contributed by atoms with Crippen LogP contribution < -0.4 is 9.47 Å². The third kappa shape index (κ3) is 5.23. The number of methoxy groups -OCH3 is 1. The Morgan fingerprint density at radius 1 is 1.03 bits per heavy atom. The highest BCUT2D eigenvalue weighted by Crippen LogP contribution is 2.22. The summed E-state index contributed by atoms with van der Waals surface area (Å²) < 4.78 is 16.3. The number of ether oxygens (including phenoxy) is 2. The van der Waals surface area contributed by atoms with Gasteiger partial charge in [-0.1, -0.05) is 28.9 Å². The lowest BCUT2D eigenvalue weighted by Gasteiger charge is -2.34. The third-order valence-electron chi connectivity index (χ3n) is 5.61. The van der Waals surface area contributed by atoms with Gasteiger partial charge in [-0.15, -0.1) is 0 Å². The van der Waals surface area contributed by atoms with Crippen molar-refractivity contribution in [3.63, 3.8) is 0 Å². The van der Waals surface area contributed by atoms with Crippen molar-refractivity contribution in [3.8, 4) is 11.5 Å². The number of hydrogen-bond acceptors (Lipinski definition) is 6. The third-order valence-corrected chi connectivity index (χ3v) is 5.86. The fraction of sp³-hybridized carbons (Fsp3) is 0.333. The molecule has 1 saturated heterocycles. The maximum Gasteiger partial charge on any atom is 0.276 e. The minimum absolute atomic E-state index is 0.124. The van der Waals surface area contributed by atoms with Crippen molar-refractivity contribution in [1.29, 1.82) is 0 Å². The van der Waals surface area contributed by atoms with Gasteiger partial charge in [-0.2, -0.15) is 0 Å². The minimum Gasteiger partial charge on any atom is -0.497 e. The number of piperazine rings is 1. The highest BCUT2D eigenvalue weighted by Gasteiger charge is 2.28. The molecule has 3 aromatic rings.